The molecule has 106 valence electrons. The van der Waals surface area contributed by atoms with Crippen LogP contribution in [0.15, 0.2) is 46.5 Å². The number of hydrogen-bond donors (Lipinski definition) is 1. The van der Waals surface area contributed by atoms with E-state index < -0.39 is 0 Å². The summed E-state index contributed by atoms with van der Waals surface area (Å²) in [5.41, 5.74) is 4.01. The van der Waals surface area contributed by atoms with Gasteiger partial charge in [0.2, 0.25) is 5.91 Å². The fourth-order valence-corrected chi connectivity index (χ4v) is 3.44. The van der Waals surface area contributed by atoms with Gasteiger partial charge in [0.1, 0.15) is 5.01 Å². The van der Waals surface area contributed by atoms with Crippen LogP contribution < -0.4 is 5.32 Å². The van der Waals surface area contributed by atoms with Crippen LogP contribution in [0.2, 0.25) is 0 Å². The van der Waals surface area contributed by atoms with E-state index in [4.69, 9.17) is 0 Å². The summed E-state index contributed by atoms with van der Waals surface area (Å²) in [5.74, 6) is 0.0242. The van der Waals surface area contributed by atoms with E-state index in [1.807, 2.05) is 31.2 Å². The van der Waals surface area contributed by atoms with Crippen molar-refractivity contribution >= 4 is 34.3 Å². The van der Waals surface area contributed by atoms with Gasteiger partial charge in [-0.1, -0.05) is 19.1 Å². The molecule has 3 rings (SSSR count). The summed E-state index contributed by atoms with van der Waals surface area (Å²) in [6.45, 7) is 1.84. The zero-order valence-corrected chi connectivity index (χ0v) is 13.1. The highest BCUT2D eigenvalue weighted by molar-refractivity contribution is 7.14. The molecule has 21 heavy (non-hydrogen) atoms. The Morgan fingerprint density at radius 1 is 1.14 bits per heavy atom. The molecule has 0 aliphatic rings. The minimum Gasteiger partial charge on any atom is -0.326 e. The van der Waals surface area contributed by atoms with Crippen LogP contribution in [0, 0.1) is 0 Å². The Hall–Kier alpha value is -1.98. The molecular weight excluding hydrogens is 300 g/mol. The third kappa shape index (κ3) is 3.20. The van der Waals surface area contributed by atoms with Gasteiger partial charge in [-0.05, 0) is 23.6 Å². The monoisotopic (exact) mass is 314 g/mol. The smallest absolute Gasteiger partial charge is 0.224 e. The average Bonchev–Trinajstić information content (AvgIpc) is 3.19. The van der Waals surface area contributed by atoms with E-state index >= 15 is 0 Å². The second-order valence-electron chi connectivity index (χ2n) is 4.53. The number of rotatable bonds is 4. The summed E-state index contributed by atoms with van der Waals surface area (Å²) in [7, 11) is 0. The largest absolute Gasteiger partial charge is 0.326 e. The first kappa shape index (κ1) is 14.0. The Morgan fingerprint density at radius 3 is 2.62 bits per heavy atom. The highest BCUT2D eigenvalue weighted by Gasteiger charge is 2.07. The second kappa shape index (κ2) is 6.20. The Bertz CT molecular complexity index is 730. The van der Waals surface area contributed by atoms with Crippen LogP contribution >= 0.6 is 22.7 Å². The zero-order chi connectivity index (χ0) is 14.7. The second-order valence-corrected chi connectivity index (χ2v) is 6.17. The number of amides is 1. The molecule has 0 aliphatic carbocycles. The van der Waals surface area contributed by atoms with E-state index in [1.54, 1.807) is 22.7 Å². The van der Waals surface area contributed by atoms with Crippen LogP contribution in [-0.2, 0) is 4.79 Å². The van der Waals surface area contributed by atoms with Crippen molar-refractivity contribution in [3.05, 3.63) is 46.5 Å². The summed E-state index contributed by atoms with van der Waals surface area (Å²) < 4.78 is 0. The van der Waals surface area contributed by atoms with Gasteiger partial charge in [-0.15, -0.1) is 11.3 Å². The molecule has 1 N–H and O–H groups in total. The van der Waals surface area contributed by atoms with Gasteiger partial charge in [0.05, 0.1) is 5.69 Å². The lowest BCUT2D eigenvalue weighted by molar-refractivity contribution is -0.115. The summed E-state index contributed by atoms with van der Waals surface area (Å²) in [6, 6.07) is 9.87. The summed E-state index contributed by atoms with van der Waals surface area (Å²) in [6.07, 6.45) is 0.484. The number of anilines is 1. The molecule has 5 heteroatoms. The third-order valence-electron chi connectivity index (χ3n) is 3.06. The quantitative estimate of drug-likeness (QED) is 0.745. The van der Waals surface area contributed by atoms with Gasteiger partial charge < -0.3 is 5.32 Å². The molecule has 1 aromatic carbocycles. The number of nitrogens with one attached hydrogen (secondary N) is 1. The van der Waals surface area contributed by atoms with Crippen LogP contribution in [0.5, 0.6) is 0 Å². The van der Waals surface area contributed by atoms with Gasteiger partial charge in [-0.3, -0.25) is 4.79 Å². The number of benzene rings is 1. The molecule has 2 heterocycles. The minimum absolute atomic E-state index is 0.0242. The molecule has 2 aromatic heterocycles. The van der Waals surface area contributed by atoms with Crippen LogP contribution in [0.1, 0.15) is 13.3 Å². The summed E-state index contributed by atoms with van der Waals surface area (Å²) in [5, 5.41) is 10.1. The van der Waals surface area contributed by atoms with Crippen LogP contribution in [-0.4, -0.2) is 10.9 Å². The van der Waals surface area contributed by atoms with Crippen molar-refractivity contribution in [2.45, 2.75) is 13.3 Å². The minimum atomic E-state index is 0.0242. The molecule has 0 unspecified atom stereocenters. The molecule has 0 saturated carbocycles. The predicted octanol–water partition coefficient (Wildman–Crippen LogP) is 4.89. The first-order valence-electron chi connectivity index (χ1n) is 6.64. The molecular formula is C16H14N2OS2. The molecule has 3 nitrogen and oxygen atoms in total. The third-order valence-corrected chi connectivity index (χ3v) is 4.63. The molecule has 0 fully saturated rings. The normalized spacial score (nSPS) is 10.5. The number of hydrogen-bond acceptors (Lipinski definition) is 4. The van der Waals surface area contributed by atoms with Gasteiger partial charge in [0.25, 0.3) is 0 Å². The Labute approximate surface area is 131 Å². The Balaban J connectivity index is 1.80. The van der Waals surface area contributed by atoms with Crippen molar-refractivity contribution in [3.63, 3.8) is 0 Å². The van der Waals surface area contributed by atoms with Gasteiger partial charge in [-0.2, -0.15) is 11.3 Å². The first-order valence-corrected chi connectivity index (χ1v) is 8.47. The number of aromatic nitrogens is 1. The molecule has 3 aromatic rings. The maximum Gasteiger partial charge on any atom is 0.224 e. The topological polar surface area (TPSA) is 42.0 Å². The summed E-state index contributed by atoms with van der Waals surface area (Å²) in [4.78, 5) is 16.0. The van der Waals surface area contributed by atoms with Crippen molar-refractivity contribution < 1.29 is 4.79 Å². The maximum atomic E-state index is 11.4. The fourth-order valence-electron chi connectivity index (χ4n) is 1.90. The standard InChI is InChI=1S/C16H14N2OS2/c1-2-15(19)17-13-5-3-11(4-6-13)14-10-21-16(18-14)12-7-8-20-9-12/h3-10H,2H2,1H3,(H,17,19). The average molecular weight is 314 g/mol. The van der Waals surface area contributed by atoms with Gasteiger partial charge >= 0.3 is 0 Å². The van der Waals surface area contributed by atoms with E-state index in [-0.39, 0.29) is 5.91 Å². The molecule has 0 radical (unpaired) electrons. The van der Waals surface area contributed by atoms with E-state index in [0.717, 1.165) is 22.0 Å². The lowest BCUT2D eigenvalue weighted by Gasteiger charge is -2.04. The first-order chi connectivity index (χ1) is 10.3. The number of carbonyl (C=O) groups excluding carboxylic acids is 1. The van der Waals surface area contributed by atoms with Gasteiger partial charge in [-0.25, -0.2) is 4.98 Å². The molecule has 0 atom stereocenters. The molecule has 0 aliphatic heterocycles. The predicted molar refractivity (Wildman–Crippen MR) is 89.8 cm³/mol. The van der Waals surface area contributed by atoms with E-state index in [9.17, 15) is 4.79 Å². The SMILES string of the molecule is CCC(=O)Nc1ccc(-c2csc(-c3ccsc3)n2)cc1. The fraction of sp³-hybridized carbons (Fsp3) is 0.125. The van der Waals surface area contributed by atoms with Crippen LogP contribution in [0.25, 0.3) is 21.8 Å². The highest BCUT2D eigenvalue weighted by Crippen LogP contribution is 2.30. The van der Waals surface area contributed by atoms with E-state index in [1.165, 1.54) is 5.56 Å². The lowest BCUT2D eigenvalue weighted by Crippen LogP contribution is -2.08. The highest BCUT2D eigenvalue weighted by atomic mass is 32.1. The van der Waals surface area contributed by atoms with Crippen molar-refractivity contribution in [2.24, 2.45) is 0 Å². The molecule has 1 amide bonds. The van der Waals surface area contributed by atoms with E-state index in [2.05, 4.69) is 32.5 Å². The van der Waals surface area contributed by atoms with E-state index in [0.29, 0.717) is 6.42 Å². The van der Waals surface area contributed by atoms with Crippen LogP contribution in [0.4, 0.5) is 5.69 Å². The van der Waals surface area contributed by atoms with Crippen LogP contribution in [0.3, 0.4) is 0 Å². The van der Waals surface area contributed by atoms with Crippen molar-refractivity contribution in [3.8, 4) is 21.8 Å². The number of carbonyl (C=O) groups is 1. The number of nitrogens with zero attached hydrogens (tertiary/aromatic N) is 1. The summed E-state index contributed by atoms with van der Waals surface area (Å²) >= 11 is 3.32. The van der Waals surface area contributed by atoms with Crippen molar-refractivity contribution in [1.82, 2.24) is 4.98 Å². The zero-order valence-electron chi connectivity index (χ0n) is 11.5. The molecule has 0 saturated heterocycles. The number of thiophene rings is 1. The molecule has 0 bridgehead atoms. The Morgan fingerprint density at radius 2 is 1.95 bits per heavy atom. The van der Waals surface area contributed by atoms with Crippen molar-refractivity contribution in [2.75, 3.05) is 5.32 Å². The number of thiazole rings is 1. The van der Waals surface area contributed by atoms with Gasteiger partial charge in [0.15, 0.2) is 0 Å². The molecule has 0 spiro atoms. The maximum absolute atomic E-state index is 11.4. The lowest BCUT2D eigenvalue weighted by atomic mass is 10.1. The Kier molecular flexibility index (Phi) is 4.13. The van der Waals surface area contributed by atoms with Crippen molar-refractivity contribution in [1.29, 1.82) is 0 Å². The van der Waals surface area contributed by atoms with Gasteiger partial charge in [0, 0.05) is 34.0 Å².